The fourth-order valence-corrected chi connectivity index (χ4v) is 1.83. The van der Waals surface area contributed by atoms with Gasteiger partial charge in [0, 0.05) is 11.4 Å². The standard InChI is InChI=1S/C14H23NS/c1-11(2)12(3)9-15-10-13-5-7-14(16-4)8-6-13/h5-8,11-12,15H,9-10H2,1-4H3/t12-/m1/s1. The summed E-state index contributed by atoms with van der Waals surface area (Å²) in [5.41, 5.74) is 1.37. The van der Waals surface area contributed by atoms with Crippen LogP contribution in [0.1, 0.15) is 26.3 Å². The normalized spacial score (nSPS) is 13.1. The highest BCUT2D eigenvalue weighted by Crippen LogP contribution is 2.15. The fourth-order valence-electron chi connectivity index (χ4n) is 1.42. The third-order valence-corrected chi connectivity index (χ3v) is 3.84. The Morgan fingerprint density at radius 1 is 1.12 bits per heavy atom. The molecule has 0 fully saturated rings. The van der Waals surface area contributed by atoms with E-state index in [2.05, 4.69) is 56.6 Å². The minimum absolute atomic E-state index is 0.741. The molecule has 0 heterocycles. The Labute approximate surface area is 104 Å². The van der Waals surface area contributed by atoms with Gasteiger partial charge in [-0.1, -0.05) is 32.9 Å². The van der Waals surface area contributed by atoms with E-state index in [0.717, 1.165) is 24.9 Å². The van der Waals surface area contributed by atoms with Gasteiger partial charge >= 0.3 is 0 Å². The predicted molar refractivity (Wildman–Crippen MR) is 73.9 cm³/mol. The smallest absolute Gasteiger partial charge is 0.0205 e. The van der Waals surface area contributed by atoms with E-state index in [4.69, 9.17) is 0 Å². The largest absolute Gasteiger partial charge is 0.312 e. The van der Waals surface area contributed by atoms with Crippen molar-refractivity contribution in [2.24, 2.45) is 11.8 Å². The molecule has 0 bridgehead atoms. The number of thioether (sulfide) groups is 1. The monoisotopic (exact) mass is 237 g/mol. The topological polar surface area (TPSA) is 12.0 Å². The summed E-state index contributed by atoms with van der Waals surface area (Å²) in [5.74, 6) is 1.50. The predicted octanol–water partition coefficient (Wildman–Crippen LogP) is 3.79. The Balaban J connectivity index is 2.31. The molecule has 0 radical (unpaired) electrons. The van der Waals surface area contributed by atoms with Crippen molar-refractivity contribution in [2.45, 2.75) is 32.2 Å². The lowest BCUT2D eigenvalue weighted by Crippen LogP contribution is -2.23. The van der Waals surface area contributed by atoms with E-state index >= 15 is 0 Å². The number of benzene rings is 1. The molecule has 1 nitrogen and oxygen atoms in total. The van der Waals surface area contributed by atoms with Crippen LogP contribution in [-0.2, 0) is 6.54 Å². The molecule has 1 aromatic rings. The average Bonchev–Trinajstić information content (AvgIpc) is 2.29. The van der Waals surface area contributed by atoms with Crippen LogP contribution in [0, 0.1) is 11.8 Å². The molecule has 0 unspecified atom stereocenters. The van der Waals surface area contributed by atoms with Gasteiger partial charge in [0.05, 0.1) is 0 Å². The van der Waals surface area contributed by atoms with Crippen LogP contribution in [0.15, 0.2) is 29.2 Å². The first-order valence-electron chi connectivity index (χ1n) is 5.97. The summed E-state index contributed by atoms with van der Waals surface area (Å²) in [6.07, 6.45) is 2.11. The van der Waals surface area contributed by atoms with Crippen LogP contribution in [0.4, 0.5) is 0 Å². The molecule has 0 amide bonds. The van der Waals surface area contributed by atoms with E-state index in [-0.39, 0.29) is 0 Å². The number of hydrogen-bond donors (Lipinski definition) is 1. The van der Waals surface area contributed by atoms with Crippen molar-refractivity contribution in [1.82, 2.24) is 5.32 Å². The molecule has 0 spiro atoms. The van der Waals surface area contributed by atoms with E-state index in [1.807, 2.05) is 0 Å². The van der Waals surface area contributed by atoms with Crippen LogP contribution in [0.5, 0.6) is 0 Å². The van der Waals surface area contributed by atoms with E-state index in [1.165, 1.54) is 10.5 Å². The number of rotatable bonds is 6. The van der Waals surface area contributed by atoms with Crippen LogP contribution in [-0.4, -0.2) is 12.8 Å². The van der Waals surface area contributed by atoms with Gasteiger partial charge in [-0.25, -0.2) is 0 Å². The van der Waals surface area contributed by atoms with Crippen LogP contribution >= 0.6 is 11.8 Å². The maximum absolute atomic E-state index is 3.51. The van der Waals surface area contributed by atoms with E-state index in [9.17, 15) is 0 Å². The van der Waals surface area contributed by atoms with Crippen LogP contribution in [0.3, 0.4) is 0 Å². The van der Waals surface area contributed by atoms with Gasteiger partial charge in [0.25, 0.3) is 0 Å². The fraction of sp³-hybridized carbons (Fsp3) is 0.571. The summed E-state index contributed by atoms with van der Waals surface area (Å²) in [6.45, 7) is 8.93. The van der Waals surface area contributed by atoms with Gasteiger partial charge in [0.1, 0.15) is 0 Å². The first-order chi connectivity index (χ1) is 7.63. The highest BCUT2D eigenvalue weighted by Gasteiger charge is 2.05. The van der Waals surface area contributed by atoms with Crippen molar-refractivity contribution in [3.05, 3.63) is 29.8 Å². The zero-order chi connectivity index (χ0) is 12.0. The second-order valence-electron chi connectivity index (χ2n) is 4.70. The summed E-state index contributed by atoms with van der Waals surface area (Å²) in [5, 5.41) is 3.51. The average molecular weight is 237 g/mol. The van der Waals surface area contributed by atoms with Crippen molar-refractivity contribution in [3.63, 3.8) is 0 Å². The molecule has 16 heavy (non-hydrogen) atoms. The van der Waals surface area contributed by atoms with Gasteiger partial charge in [-0.05, 0) is 42.3 Å². The Bertz CT molecular complexity index is 292. The highest BCUT2D eigenvalue weighted by molar-refractivity contribution is 7.98. The Kier molecular flexibility index (Phi) is 5.93. The second kappa shape index (κ2) is 6.97. The zero-order valence-electron chi connectivity index (χ0n) is 10.8. The molecule has 0 saturated carbocycles. The highest BCUT2D eigenvalue weighted by atomic mass is 32.2. The lowest BCUT2D eigenvalue weighted by molar-refractivity contribution is 0.392. The van der Waals surface area contributed by atoms with Crippen molar-refractivity contribution in [3.8, 4) is 0 Å². The van der Waals surface area contributed by atoms with Gasteiger partial charge in [-0.15, -0.1) is 11.8 Å². The third-order valence-electron chi connectivity index (χ3n) is 3.09. The van der Waals surface area contributed by atoms with Gasteiger partial charge in [0.2, 0.25) is 0 Å². The molecule has 0 aromatic heterocycles. The summed E-state index contributed by atoms with van der Waals surface area (Å²) < 4.78 is 0. The summed E-state index contributed by atoms with van der Waals surface area (Å²) in [7, 11) is 0. The van der Waals surface area contributed by atoms with Crippen LogP contribution in [0.2, 0.25) is 0 Å². The van der Waals surface area contributed by atoms with Crippen LogP contribution < -0.4 is 5.32 Å². The summed E-state index contributed by atoms with van der Waals surface area (Å²) in [6, 6.07) is 8.79. The molecule has 1 N–H and O–H groups in total. The van der Waals surface area contributed by atoms with Gasteiger partial charge in [-0.2, -0.15) is 0 Å². The molecule has 0 aliphatic rings. The number of hydrogen-bond acceptors (Lipinski definition) is 2. The minimum Gasteiger partial charge on any atom is -0.312 e. The van der Waals surface area contributed by atoms with Crippen molar-refractivity contribution in [2.75, 3.05) is 12.8 Å². The molecule has 1 aromatic carbocycles. The molecule has 0 saturated heterocycles. The zero-order valence-corrected chi connectivity index (χ0v) is 11.6. The molecule has 90 valence electrons. The molecule has 1 atom stereocenters. The molecular formula is C14H23NS. The first-order valence-corrected chi connectivity index (χ1v) is 7.19. The molecule has 0 aliphatic carbocycles. The lowest BCUT2D eigenvalue weighted by atomic mass is 9.98. The SMILES string of the molecule is CSc1ccc(CNC[C@@H](C)C(C)C)cc1. The first kappa shape index (κ1) is 13.6. The van der Waals surface area contributed by atoms with Gasteiger partial charge in [-0.3, -0.25) is 0 Å². The van der Waals surface area contributed by atoms with Crippen molar-refractivity contribution < 1.29 is 0 Å². The number of nitrogens with one attached hydrogen (secondary N) is 1. The molecule has 2 heteroatoms. The van der Waals surface area contributed by atoms with Crippen LogP contribution in [0.25, 0.3) is 0 Å². The maximum Gasteiger partial charge on any atom is 0.0205 e. The van der Waals surface area contributed by atoms with Gasteiger partial charge < -0.3 is 5.32 Å². The van der Waals surface area contributed by atoms with E-state index < -0.39 is 0 Å². The molecule has 1 rings (SSSR count). The third kappa shape index (κ3) is 4.58. The summed E-state index contributed by atoms with van der Waals surface area (Å²) in [4.78, 5) is 1.33. The van der Waals surface area contributed by atoms with Crippen molar-refractivity contribution in [1.29, 1.82) is 0 Å². The summed E-state index contributed by atoms with van der Waals surface area (Å²) >= 11 is 1.79. The quantitative estimate of drug-likeness (QED) is 0.756. The Hall–Kier alpha value is -0.470. The Morgan fingerprint density at radius 2 is 1.75 bits per heavy atom. The van der Waals surface area contributed by atoms with E-state index in [0.29, 0.717) is 0 Å². The van der Waals surface area contributed by atoms with Crippen molar-refractivity contribution >= 4 is 11.8 Å². The Morgan fingerprint density at radius 3 is 2.25 bits per heavy atom. The second-order valence-corrected chi connectivity index (χ2v) is 5.58. The maximum atomic E-state index is 3.51. The van der Waals surface area contributed by atoms with E-state index in [1.54, 1.807) is 11.8 Å². The molecular weight excluding hydrogens is 214 g/mol. The minimum atomic E-state index is 0.741. The molecule has 0 aliphatic heterocycles. The lowest BCUT2D eigenvalue weighted by Gasteiger charge is -2.16. The van der Waals surface area contributed by atoms with Gasteiger partial charge in [0.15, 0.2) is 0 Å².